The van der Waals surface area contributed by atoms with Crippen LogP contribution >= 0.6 is 11.3 Å². The molecule has 4 aromatic rings. The van der Waals surface area contributed by atoms with Gasteiger partial charge in [0.2, 0.25) is 11.0 Å². The summed E-state index contributed by atoms with van der Waals surface area (Å²) in [5.41, 5.74) is 0.582. The summed E-state index contributed by atoms with van der Waals surface area (Å²) in [4.78, 5) is 27.4. The van der Waals surface area contributed by atoms with Crippen molar-refractivity contribution in [2.24, 2.45) is 0 Å². The minimum absolute atomic E-state index is 0.0296. The van der Waals surface area contributed by atoms with Gasteiger partial charge in [-0.3, -0.25) is 9.59 Å². The second-order valence-electron chi connectivity index (χ2n) is 9.21. The Balaban J connectivity index is 1.37. The molecule has 4 rings (SSSR count). The summed E-state index contributed by atoms with van der Waals surface area (Å²) < 4.78 is 54.8. The lowest BCUT2D eigenvalue weighted by atomic mass is 10.1. The number of nitrogens with one attached hydrogen (secondary N) is 1. The average Bonchev–Trinajstić information content (AvgIpc) is 3.48. The third-order valence-corrected chi connectivity index (χ3v) is 7.20. The zero-order valence-electron chi connectivity index (χ0n) is 23.4. The van der Waals surface area contributed by atoms with E-state index in [0.29, 0.717) is 40.8 Å². The number of benzene rings is 3. The molecule has 1 N–H and O–H groups in total. The standard InChI is InChI=1S/C30H29F3N4O5S/c1-40-24-13-8-20(18-25(24)41-2)14-16-37(27(39)19-42-23-6-4-3-5-7-23)17-15-26(38)34-29-36-35-28(43-29)21-9-11-22(12-10-21)30(31,32)33/h3-13,18H,14-17,19H2,1-2H3,(H,34,36,38). The number of rotatable bonds is 13. The smallest absolute Gasteiger partial charge is 0.416 e. The van der Waals surface area contributed by atoms with Crippen LogP contribution in [-0.4, -0.2) is 60.8 Å². The molecule has 0 saturated heterocycles. The quantitative estimate of drug-likeness (QED) is 0.206. The molecular formula is C30H29F3N4O5S. The third-order valence-electron chi connectivity index (χ3n) is 6.32. The fraction of sp³-hybridized carbons (Fsp3) is 0.267. The van der Waals surface area contributed by atoms with Crippen molar-refractivity contribution < 1.29 is 37.0 Å². The van der Waals surface area contributed by atoms with Gasteiger partial charge in [-0.25, -0.2) is 0 Å². The minimum Gasteiger partial charge on any atom is -0.493 e. The molecule has 0 atom stereocenters. The number of amides is 2. The van der Waals surface area contributed by atoms with E-state index in [4.69, 9.17) is 14.2 Å². The molecule has 0 fully saturated rings. The van der Waals surface area contributed by atoms with Crippen molar-refractivity contribution in [3.8, 4) is 27.8 Å². The lowest BCUT2D eigenvalue weighted by Gasteiger charge is -2.23. The van der Waals surface area contributed by atoms with Crippen molar-refractivity contribution in [3.63, 3.8) is 0 Å². The maximum Gasteiger partial charge on any atom is 0.416 e. The number of aromatic nitrogens is 2. The van der Waals surface area contributed by atoms with Gasteiger partial charge >= 0.3 is 6.18 Å². The van der Waals surface area contributed by atoms with E-state index in [1.54, 1.807) is 49.5 Å². The fourth-order valence-corrected chi connectivity index (χ4v) is 4.79. The summed E-state index contributed by atoms with van der Waals surface area (Å²) in [6.45, 7) is 0.224. The Morgan fingerprint density at radius 2 is 1.63 bits per heavy atom. The van der Waals surface area contributed by atoms with E-state index >= 15 is 0 Å². The first kappa shape index (κ1) is 31.3. The molecule has 2 amide bonds. The Kier molecular flexibility index (Phi) is 10.5. The average molecular weight is 615 g/mol. The first-order valence-electron chi connectivity index (χ1n) is 13.1. The molecule has 0 bridgehead atoms. The highest BCUT2D eigenvalue weighted by atomic mass is 32.1. The number of ether oxygens (including phenoxy) is 3. The van der Waals surface area contributed by atoms with E-state index in [9.17, 15) is 22.8 Å². The van der Waals surface area contributed by atoms with Gasteiger partial charge in [0.25, 0.3) is 5.91 Å². The molecule has 1 aromatic heterocycles. The van der Waals surface area contributed by atoms with E-state index in [-0.39, 0.29) is 30.6 Å². The zero-order valence-corrected chi connectivity index (χ0v) is 24.2. The maximum atomic E-state index is 13.1. The molecule has 3 aromatic carbocycles. The number of hydrogen-bond acceptors (Lipinski definition) is 8. The number of para-hydroxylation sites is 1. The van der Waals surface area contributed by atoms with E-state index < -0.39 is 17.6 Å². The number of carbonyl (C=O) groups is 2. The van der Waals surface area contributed by atoms with Gasteiger partial charge in [-0.1, -0.05) is 47.7 Å². The monoisotopic (exact) mass is 614 g/mol. The van der Waals surface area contributed by atoms with Gasteiger partial charge in [0.15, 0.2) is 18.1 Å². The number of carbonyl (C=O) groups excluding carboxylic acids is 2. The molecule has 13 heteroatoms. The lowest BCUT2D eigenvalue weighted by Crippen LogP contribution is -2.38. The van der Waals surface area contributed by atoms with Crippen LogP contribution in [0.1, 0.15) is 17.5 Å². The molecule has 43 heavy (non-hydrogen) atoms. The highest BCUT2D eigenvalue weighted by Crippen LogP contribution is 2.32. The number of alkyl halides is 3. The Labute approximate surface area is 250 Å². The Bertz CT molecular complexity index is 1510. The number of hydrogen-bond donors (Lipinski definition) is 1. The molecule has 0 spiro atoms. The normalized spacial score (nSPS) is 11.1. The van der Waals surface area contributed by atoms with Crippen molar-refractivity contribution in [2.45, 2.75) is 19.0 Å². The van der Waals surface area contributed by atoms with Crippen molar-refractivity contribution >= 4 is 28.3 Å². The summed E-state index contributed by atoms with van der Waals surface area (Å²) in [7, 11) is 3.09. The summed E-state index contributed by atoms with van der Waals surface area (Å²) in [6.07, 6.45) is -3.98. The zero-order chi connectivity index (χ0) is 30.8. The highest BCUT2D eigenvalue weighted by molar-refractivity contribution is 7.18. The summed E-state index contributed by atoms with van der Waals surface area (Å²) in [5.74, 6) is 1.01. The summed E-state index contributed by atoms with van der Waals surface area (Å²) in [6, 6.07) is 19.0. The Morgan fingerprint density at radius 1 is 0.907 bits per heavy atom. The summed E-state index contributed by atoms with van der Waals surface area (Å²) in [5, 5.41) is 11.1. The van der Waals surface area contributed by atoms with Gasteiger partial charge in [0.1, 0.15) is 10.8 Å². The van der Waals surface area contributed by atoms with Crippen LogP contribution in [0.15, 0.2) is 72.8 Å². The van der Waals surface area contributed by atoms with Crippen LogP contribution in [0.25, 0.3) is 10.6 Å². The molecular weight excluding hydrogens is 585 g/mol. The Morgan fingerprint density at radius 3 is 2.30 bits per heavy atom. The number of methoxy groups -OCH3 is 2. The summed E-state index contributed by atoms with van der Waals surface area (Å²) >= 11 is 1.03. The number of halogens is 3. The van der Waals surface area contributed by atoms with Crippen LogP contribution in [-0.2, 0) is 22.2 Å². The fourth-order valence-electron chi connectivity index (χ4n) is 4.02. The van der Waals surface area contributed by atoms with Crippen LogP contribution in [0.3, 0.4) is 0 Å². The van der Waals surface area contributed by atoms with Gasteiger partial charge in [-0.2, -0.15) is 13.2 Å². The first-order chi connectivity index (χ1) is 20.7. The van der Waals surface area contributed by atoms with E-state index in [0.717, 1.165) is 29.0 Å². The number of anilines is 1. The second-order valence-corrected chi connectivity index (χ2v) is 10.2. The van der Waals surface area contributed by atoms with Gasteiger partial charge in [0.05, 0.1) is 19.8 Å². The molecule has 0 aliphatic heterocycles. The van der Waals surface area contributed by atoms with E-state index in [1.165, 1.54) is 12.1 Å². The predicted octanol–water partition coefficient (Wildman–Crippen LogP) is 5.72. The van der Waals surface area contributed by atoms with Gasteiger partial charge in [0, 0.05) is 25.1 Å². The van der Waals surface area contributed by atoms with E-state index in [2.05, 4.69) is 15.5 Å². The maximum absolute atomic E-state index is 13.1. The first-order valence-corrected chi connectivity index (χ1v) is 14.0. The molecule has 0 aliphatic carbocycles. The molecule has 1 heterocycles. The van der Waals surface area contributed by atoms with Crippen molar-refractivity contribution in [2.75, 3.05) is 39.2 Å². The van der Waals surface area contributed by atoms with E-state index in [1.807, 2.05) is 18.2 Å². The van der Waals surface area contributed by atoms with Gasteiger partial charge < -0.3 is 24.4 Å². The third kappa shape index (κ3) is 8.92. The molecule has 226 valence electrons. The largest absolute Gasteiger partial charge is 0.493 e. The lowest BCUT2D eigenvalue weighted by molar-refractivity contribution is -0.137. The van der Waals surface area contributed by atoms with Gasteiger partial charge in [-0.05, 0) is 48.4 Å². The van der Waals surface area contributed by atoms with Crippen molar-refractivity contribution in [1.29, 1.82) is 0 Å². The SMILES string of the molecule is COc1ccc(CCN(CCC(=O)Nc2nnc(-c3ccc(C(F)(F)F)cc3)s2)C(=O)COc2ccccc2)cc1OC. The topological polar surface area (TPSA) is 103 Å². The molecule has 0 aliphatic rings. The minimum atomic E-state index is -4.44. The Hall–Kier alpha value is -4.65. The molecule has 0 unspecified atom stereocenters. The van der Waals surface area contributed by atoms with Crippen LogP contribution in [0, 0.1) is 0 Å². The van der Waals surface area contributed by atoms with Crippen molar-refractivity contribution in [1.82, 2.24) is 15.1 Å². The second kappa shape index (κ2) is 14.5. The molecule has 0 saturated carbocycles. The van der Waals surface area contributed by atoms with Crippen LogP contribution < -0.4 is 19.5 Å². The molecule has 9 nitrogen and oxygen atoms in total. The predicted molar refractivity (Wildman–Crippen MR) is 155 cm³/mol. The van der Waals surface area contributed by atoms with Crippen molar-refractivity contribution in [3.05, 3.63) is 83.9 Å². The van der Waals surface area contributed by atoms with Crippen LogP contribution in [0.2, 0.25) is 0 Å². The highest BCUT2D eigenvalue weighted by Gasteiger charge is 2.30. The number of nitrogens with zero attached hydrogens (tertiary/aromatic N) is 3. The van der Waals surface area contributed by atoms with Crippen LogP contribution in [0.4, 0.5) is 18.3 Å². The van der Waals surface area contributed by atoms with Gasteiger partial charge in [-0.15, -0.1) is 10.2 Å². The van der Waals surface area contributed by atoms with Crippen LogP contribution in [0.5, 0.6) is 17.2 Å². The molecule has 0 radical (unpaired) electrons.